The number of aryl methyl sites for hydroxylation is 1. The number of fused-ring (bicyclic) bond motifs is 1. The second kappa shape index (κ2) is 6.50. The smallest absolute Gasteiger partial charge is 0.178 e. The standard InChI is InChI=1S/C15H22FN3S/c1-11(2)18(3)8-4-5-9-19-14-7-6-12(16)10-13(14)17-15(19)20/h6-7,10-11H,4-5,8-9H2,1-3H3,(H,17,20). The lowest BCUT2D eigenvalue weighted by molar-refractivity contribution is 0.266. The summed E-state index contributed by atoms with van der Waals surface area (Å²) in [5, 5.41) is 0. The number of nitrogens with zero attached hydrogens (tertiary/aromatic N) is 2. The van der Waals surface area contributed by atoms with Crippen molar-refractivity contribution in [2.24, 2.45) is 0 Å². The maximum absolute atomic E-state index is 13.2. The molecule has 1 aromatic heterocycles. The van der Waals surface area contributed by atoms with Gasteiger partial charge in [0, 0.05) is 12.6 Å². The third-order valence-electron chi connectivity index (χ3n) is 3.76. The summed E-state index contributed by atoms with van der Waals surface area (Å²) in [6.45, 7) is 6.35. The van der Waals surface area contributed by atoms with Gasteiger partial charge in [-0.3, -0.25) is 0 Å². The Morgan fingerprint density at radius 2 is 2.10 bits per heavy atom. The summed E-state index contributed by atoms with van der Waals surface area (Å²) < 4.78 is 15.9. The first-order chi connectivity index (χ1) is 9.49. The minimum absolute atomic E-state index is 0.237. The van der Waals surface area contributed by atoms with Gasteiger partial charge in [-0.1, -0.05) is 0 Å². The number of imidazole rings is 1. The Morgan fingerprint density at radius 1 is 1.35 bits per heavy atom. The second-order valence-electron chi connectivity index (χ2n) is 5.52. The Labute approximate surface area is 124 Å². The summed E-state index contributed by atoms with van der Waals surface area (Å²) in [4.78, 5) is 5.40. The van der Waals surface area contributed by atoms with Gasteiger partial charge in [0.05, 0.1) is 11.0 Å². The summed E-state index contributed by atoms with van der Waals surface area (Å²) >= 11 is 5.31. The molecule has 1 N–H and O–H groups in total. The molecule has 0 unspecified atom stereocenters. The van der Waals surface area contributed by atoms with Crippen molar-refractivity contribution in [3.63, 3.8) is 0 Å². The number of rotatable bonds is 6. The highest BCUT2D eigenvalue weighted by atomic mass is 32.1. The van der Waals surface area contributed by atoms with Gasteiger partial charge in [-0.05, 0) is 70.7 Å². The van der Waals surface area contributed by atoms with E-state index in [1.807, 2.05) is 0 Å². The minimum atomic E-state index is -0.237. The van der Waals surface area contributed by atoms with E-state index in [9.17, 15) is 4.39 Å². The zero-order valence-electron chi connectivity index (χ0n) is 12.3. The molecule has 0 atom stereocenters. The minimum Gasteiger partial charge on any atom is -0.330 e. The average molecular weight is 295 g/mol. The molecule has 0 saturated carbocycles. The van der Waals surface area contributed by atoms with Crippen molar-refractivity contribution in [3.05, 3.63) is 28.8 Å². The molecule has 2 rings (SSSR count). The molecule has 1 aromatic carbocycles. The van der Waals surface area contributed by atoms with Crippen LogP contribution in [0.5, 0.6) is 0 Å². The van der Waals surface area contributed by atoms with E-state index < -0.39 is 0 Å². The van der Waals surface area contributed by atoms with E-state index in [-0.39, 0.29) is 5.82 Å². The highest BCUT2D eigenvalue weighted by Gasteiger charge is 2.06. The molecule has 3 nitrogen and oxygen atoms in total. The predicted molar refractivity (Wildman–Crippen MR) is 84.1 cm³/mol. The van der Waals surface area contributed by atoms with E-state index >= 15 is 0 Å². The van der Waals surface area contributed by atoms with Gasteiger partial charge in [-0.25, -0.2) is 4.39 Å². The van der Waals surface area contributed by atoms with E-state index in [1.165, 1.54) is 12.1 Å². The zero-order chi connectivity index (χ0) is 14.7. The van der Waals surface area contributed by atoms with Crippen LogP contribution in [0.2, 0.25) is 0 Å². The van der Waals surface area contributed by atoms with Gasteiger partial charge in [0.1, 0.15) is 5.82 Å². The van der Waals surface area contributed by atoms with Crippen molar-refractivity contribution in [2.45, 2.75) is 39.3 Å². The fourth-order valence-corrected chi connectivity index (χ4v) is 2.55. The summed E-state index contributed by atoms with van der Waals surface area (Å²) in [5.74, 6) is -0.237. The Morgan fingerprint density at radius 3 is 2.80 bits per heavy atom. The maximum Gasteiger partial charge on any atom is 0.178 e. The fraction of sp³-hybridized carbons (Fsp3) is 0.533. The number of benzene rings is 1. The normalized spacial score (nSPS) is 11.9. The van der Waals surface area contributed by atoms with Gasteiger partial charge in [0.25, 0.3) is 0 Å². The number of unbranched alkanes of at least 4 members (excludes halogenated alkanes) is 1. The number of aromatic nitrogens is 2. The van der Waals surface area contributed by atoms with Crippen LogP contribution in [0, 0.1) is 10.6 Å². The number of hydrogen-bond donors (Lipinski definition) is 1. The van der Waals surface area contributed by atoms with Crippen LogP contribution in [0.1, 0.15) is 26.7 Å². The molecule has 20 heavy (non-hydrogen) atoms. The van der Waals surface area contributed by atoms with E-state index in [4.69, 9.17) is 12.2 Å². The van der Waals surface area contributed by atoms with E-state index in [0.29, 0.717) is 10.8 Å². The lowest BCUT2D eigenvalue weighted by Gasteiger charge is -2.20. The zero-order valence-corrected chi connectivity index (χ0v) is 13.1. The van der Waals surface area contributed by atoms with Gasteiger partial charge < -0.3 is 14.5 Å². The first kappa shape index (κ1) is 15.2. The summed E-state index contributed by atoms with van der Waals surface area (Å²) in [5.41, 5.74) is 1.75. The monoisotopic (exact) mass is 295 g/mol. The lowest BCUT2D eigenvalue weighted by atomic mass is 10.2. The van der Waals surface area contributed by atoms with Crippen molar-refractivity contribution in [1.29, 1.82) is 0 Å². The van der Waals surface area contributed by atoms with Gasteiger partial charge in [0.2, 0.25) is 0 Å². The third kappa shape index (κ3) is 3.46. The molecule has 110 valence electrons. The van der Waals surface area contributed by atoms with E-state index in [1.54, 1.807) is 6.07 Å². The summed E-state index contributed by atoms with van der Waals surface area (Å²) in [6.07, 6.45) is 2.19. The Hall–Kier alpha value is -1.20. The number of H-pyrrole nitrogens is 1. The number of halogens is 1. The molecule has 2 aromatic rings. The van der Waals surface area contributed by atoms with Crippen LogP contribution >= 0.6 is 12.2 Å². The summed E-state index contributed by atoms with van der Waals surface area (Å²) in [6, 6.07) is 5.34. The molecule has 5 heteroatoms. The molecule has 0 aliphatic carbocycles. The molecular weight excluding hydrogens is 273 g/mol. The van der Waals surface area contributed by atoms with Crippen LogP contribution in [-0.4, -0.2) is 34.1 Å². The van der Waals surface area contributed by atoms with Crippen LogP contribution in [-0.2, 0) is 6.54 Å². The first-order valence-electron chi connectivity index (χ1n) is 7.07. The number of aromatic amines is 1. The average Bonchev–Trinajstić information content (AvgIpc) is 2.69. The van der Waals surface area contributed by atoms with Crippen LogP contribution < -0.4 is 0 Å². The van der Waals surface area contributed by atoms with E-state index in [0.717, 1.165) is 37.0 Å². The van der Waals surface area contributed by atoms with Crippen molar-refractivity contribution < 1.29 is 4.39 Å². The maximum atomic E-state index is 13.2. The van der Waals surface area contributed by atoms with Crippen molar-refractivity contribution in [2.75, 3.05) is 13.6 Å². The predicted octanol–water partition coefficient (Wildman–Crippen LogP) is 3.96. The van der Waals surface area contributed by atoms with Crippen molar-refractivity contribution in [3.8, 4) is 0 Å². The fourth-order valence-electron chi connectivity index (χ4n) is 2.25. The third-order valence-corrected chi connectivity index (χ3v) is 4.08. The Balaban J connectivity index is 2.00. The van der Waals surface area contributed by atoms with Crippen LogP contribution in [0.4, 0.5) is 4.39 Å². The highest BCUT2D eigenvalue weighted by molar-refractivity contribution is 7.71. The topological polar surface area (TPSA) is 24.0 Å². The van der Waals surface area contributed by atoms with Gasteiger partial charge in [-0.2, -0.15) is 0 Å². The Bertz CT molecular complexity index is 630. The summed E-state index contributed by atoms with van der Waals surface area (Å²) in [7, 11) is 2.14. The molecule has 1 heterocycles. The van der Waals surface area contributed by atoms with Crippen molar-refractivity contribution >= 4 is 23.3 Å². The van der Waals surface area contributed by atoms with Crippen LogP contribution in [0.3, 0.4) is 0 Å². The largest absolute Gasteiger partial charge is 0.330 e. The van der Waals surface area contributed by atoms with Gasteiger partial charge in [-0.15, -0.1) is 0 Å². The molecule has 0 bridgehead atoms. The van der Waals surface area contributed by atoms with Crippen LogP contribution in [0.15, 0.2) is 18.2 Å². The molecule has 0 aliphatic heterocycles. The number of hydrogen-bond acceptors (Lipinski definition) is 2. The SMILES string of the molecule is CC(C)N(C)CCCCn1c(=S)[nH]c2cc(F)ccc21. The quantitative estimate of drug-likeness (QED) is 0.644. The molecule has 0 radical (unpaired) electrons. The molecule has 0 aliphatic rings. The number of nitrogens with one attached hydrogen (secondary N) is 1. The molecule has 0 amide bonds. The van der Waals surface area contributed by atoms with E-state index in [2.05, 4.69) is 35.3 Å². The first-order valence-corrected chi connectivity index (χ1v) is 7.48. The van der Waals surface area contributed by atoms with Gasteiger partial charge in [0.15, 0.2) is 4.77 Å². The molecule has 0 spiro atoms. The van der Waals surface area contributed by atoms with Crippen molar-refractivity contribution in [1.82, 2.24) is 14.5 Å². The molecule has 0 fully saturated rings. The molecular formula is C15H22FN3S. The highest BCUT2D eigenvalue weighted by Crippen LogP contribution is 2.16. The second-order valence-corrected chi connectivity index (χ2v) is 5.91. The Kier molecular flexibility index (Phi) is 4.94. The van der Waals surface area contributed by atoms with Crippen LogP contribution in [0.25, 0.3) is 11.0 Å². The molecule has 0 saturated heterocycles. The van der Waals surface area contributed by atoms with Gasteiger partial charge >= 0.3 is 0 Å². The lowest BCUT2D eigenvalue weighted by Crippen LogP contribution is -2.27.